The summed E-state index contributed by atoms with van der Waals surface area (Å²) in [7, 11) is 0. The molecular formula is C24H34N4O. The minimum atomic E-state index is -0.151. The minimum absolute atomic E-state index is 0.0312. The quantitative estimate of drug-likeness (QED) is 0.609. The molecule has 1 aromatic carbocycles. The first-order valence-electron chi connectivity index (χ1n) is 11.4. The number of aromatic amines is 1. The number of anilines is 1. The molecule has 2 saturated carbocycles. The lowest BCUT2D eigenvalue weighted by molar-refractivity contribution is -0.118. The van der Waals surface area contributed by atoms with Gasteiger partial charge in [-0.05, 0) is 43.1 Å². The number of H-pyrrole nitrogens is 1. The first kappa shape index (κ1) is 20.1. The smallest absolute Gasteiger partial charge is 0.242 e. The molecule has 1 heterocycles. The lowest BCUT2D eigenvalue weighted by atomic mass is 9.69. The van der Waals surface area contributed by atoms with Crippen LogP contribution in [-0.4, -0.2) is 28.2 Å². The van der Waals surface area contributed by atoms with E-state index < -0.39 is 0 Å². The Labute approximate surface area is 174 Å². The molecule has 0 spiro atoms. The van der Waals surface area contributed by atoms with Gasteiger partial charge in [-0.3, -0.25) is 9.89 Å². The van der Waals surface area contributed by atoms with E-state index in [1.807, 2.05) is 36.4 Å². The van der Waals surface area contributed by atoms with Crippen molar-refractivity contribution in [3.8, 4) is 11.3 Å². The third kappa shape index (κ3) is 5.08. The van der Waals surface area contributed by atoms with Gasteiger partial charge in [0.25, 0.3) is 0 Å². The average molecular weight is 395 g/mol. The number of nitrogens with zero attached hydrogens (tertiary/aromatic N) is 1. The van der Waals surface area contributed by atoms with Gasteiger partial charge in [0.05, 0.1) is 11.7 Å². The molecule has 156 valence electrons. The third-order valence-corrected chi connectivity index (χ3v) is 6.78. The molecule has 0 bridgehead atoms. The maximum Gasteiger partial charge on any atom is 0.242 e. The fourth-order valence-corrected chi connectivity index (χ4v) is 5.25. The predicted octanol–water partition coefficient (Wildman–Crippen LogP) is 5.13. The number of benzene rings is 1. The Balaban J connectivity index is 1.36. The van der Waals surface area contributed by atoms with Gasteiger partial charge in [0.1, 0.15) is 0 Å². The van der Waals surface area contributed by atoms with Crippen molar-refractivity contribution in [1.82, 2.24) is 15.5 Å². The second-order valence-electron chi connectivity index (χ2n) is 8.84. The highest BCUT2D eigenvalue weighted by Crippen LogP contribution is 2.40. The number of amides is 1. The van der Waals surface area contributed by atoms with E-state index >= 15 is 0 Å². The number of aromatic nitrogens is 2. The van der Waals surface area contributed by atoms with E-state index in [0.717, 1.165) is 35.9 Å². The lowest BCUT2D eigenvalue weighted by Crippen LogP contribution is -2.48. The number of hydrogen-bond donors (Lipinski definition) is 3. The molecule has 0 saturated heterocycles. The fraction of sp³-hybridized carbons (Fsp3) is 0.583. The van der Waals surface area contributed by atoms with Crippen LogP contribution in [0, 0.1) is 11.8 Å². The number of rotatable bonds is 7. The van der Waals surface area contributed by atoms with Gasteiger partial charge in [-0.15, -0.1) is 0 Å². The number of fused-ring (bicyclic) bond motifs is 1. The highest BCUT2D eigenvalue weighted by Gasteiger charge is 2.33. The molecule has 4 atom stereocenters. The Hall–Kier alpha value is -2.14. The van der Waals surface area contributed by atoms with Crippen molar-refractivity contribution in [2.24, 2.45) is 11.8 Å². The zero-order chi connectivity index (χ0) is 20.1. The van der Waals surface area contributed by atoms with Crippen molar-refractivity contribution in [1.29, 1.82) is 0 Å². The second-order valence-corrected chi connectivity index (χ2v) is 8.84. The van der Waals surface area contributed by atoms with Crippen LogP contribution in [0.4, 0.5) is 5.82 Å². The molecule has 5 nitrogen and oxygen atoms in total. The van der Waals surface area contributed by atoms with Gasteiger partial charge in [0, 0.05) is 12.1 Å². The molecule has 2 aromatic rings. The molecule has 4 rings (SSSR count). The van der Waals surface area contributed by atoms with Crippen LogP contribution in [0.2, 0.25) is 0 Å². The van der Waals surface area contributed by atoms with Crippen LogP contribution in [0.1, 0.15) is 64.7 Å². The third-order valence-electron chi connectivity index (χ3n) is 6.78. The van der Waals surface area contributed by atoms with Crippen molar-refractivity contribution >= 4 is 11.7 Å². The molecule has 5 heteroatoms. The van der Waals surface area contributed by atoms with Crippen LogP contribution >= 0.6 is 0 Å². The van der Waals surface area contributed by atoms with Crippen LogP contribution in [0.15, 0.2) is 36.4 Å². The minimum Gasteiger partial charge on any atom is -0.308 e. The monoisotopic (exact) mass is 394 g/mol. The Morgan fingerprint density at radius 2 is 1.93 bits per heavy atom. The van der Waals surface area contributed by atoms with E-state index in [0.29, 0.717) is 11.9 Å². The highest BCUT2D eigenvalue weighted by atomic mass is 16.2. The molecule has 1 aromatic heterocycles. The second kappa shape index (κ2) is 9.57. The van der Waals surface area contributed by atoms with Crippen LogP contribution in [0.3, 0.4) is 0 Å². The van der Waals surface area contributed by atoms with Crippen molar-refractivity contribution in [3.63, 3.8) is 0 Å². The van der Waals surface area contributed by atoms with Crippen molar-refractivity contribution in [3.05, 3.63) is 36.4 Å². The van der Waals surface area contributed by atoms with E-state index in [2.05, 4.69) is 27.8 Å². The highest BCUT2D eigenvalue weighted by molar-refractivity contribution is 5.94. The summed E-state index contributed by atoms with van der Waals surface area (Å²) in [6.45, 7) is 2.14. The van der Waals surface area contributed by atoms with Crippen molar-refractivity contribution < 1.29 is 4.79 Å². The van der Waals surface area contributed by atoms with Crippen LogP contribution in [0.25, 0.3) is 11.3 Å². The molecule has 1 amide bonds. The van der Waals surface area contributed by atoms with E-state index in [1.54, 1.807) is 0 Å². The average Bonchev–Trinajstić information content (AvgIpc) is 3.22. The van der Waals surface area contributed by atoms with Gasteiger partial charge in [-0.25, -0.2) is 0 Å². The Morgan fingerprint density at radius 3 is 2.72 bits per heavy atom. The van der Waals surface area contributed by atoms with Crippen molar-refractivity contribution in [2.45, 2.75) is 76.8 Å². The summed E-state index contributed by atoms with van der Waals surface area (Å²) < 4.78 is 0. The molecule has 0 radical (unpaired) electrons. The normalized spacial score (nSPS) is 25.2. The van der Waals surface area contributed by atoms with Gasteiger partial charge in [0.2, 0.25) is 5.91 Å². The largest absolute Gasteiger partial charge is 0.308 e. The molecule has 29 heavy (non-hydrogen) atoms. The summed E-state index contributed by atoms with van der Waals surface area (Å²) in [4.78, 5) is 13.0. The Bertz CT molecular complexity index is 787. The van der Waals surface area contributed by atoms with E-state index in [9.17, 15) is 4.79 Å². The van der Waals surface area contributed by atoms with Crippen LogP contribution < -0.4 is 10.6 Å². The molecule has 3 N–H and O–H groups in total. The maximum atomic E-state index is 13.0. The number of hydrogen-bond acceptors (Lipinski definition) is 3. The van der Waals surface area contributed by atoms with Gasteiger partial charge in [0.15, 0.2) is 5.82 Å². The SMILES string of the molecule is CCC[C@H](NC1CCC2CCCCC2C1)C(=O)Nc1cc(-c2ccccc2)[nH]n1. The molecule has 2 fully saturated rings. The topological polar surface area (TPSA) is 69.8 Å². The van der Waals surface area contributed by atoms with Gasteiger partial charge >= 0.3 is 0 Å². The van der Waals surface area contributed by atoms with Gasteiger partial charge in [-0.1, -0.05) is 69.4 Å². The predicted molar refractivity (Wildman–Crippen MR) is 118 cm³/mol. The van der Waals surface area contributed by atoms with E-state index in [1.165, 1.54) is 44.9 Å². The molecule has 0 aliphatic heterocycles. The van der Waals surface area contributed by atoms with Gasteiger partial charge in [-0.2, -0.15) is 5.10 Å². The summed E-state index contributed by atoms with van der Waals surface area (Å²) >= 11 is 0. The first-order valence-corrected chi connectivity index (χ1v) is 11.4. The lowest BCUT2D eigenvalue weighted by Gasteiger charge is -2.40. The number of carbonyl (C=O) groups is 1. The van der Waals surface area contributed by atoms with Crippen LogP contribution in [-0.2, 0) is 4.79 Å². The van der Waals surface area contributed by atoms with E-state index in [-0.39, 0.29) is 11.9 Å². The van der Waals surface area contributed by atoms with Crippen LogP contribution in [0.5, 0.6) is 0 Å². The summed E-state index contributed by atoms with van der Waals surface area (Å²) in [5.41, 5.74) is 1.98. The Morgan fingerprint density at radius 1 is 1.14 bits per heavy atom. The summed E-state index contributed by atoms with van der Waals surface area (Å²) in [5, 5.41) is 14.0. The first-order chi connectivity index (χ1) is 14.2. The zero-order valence-corrected chi connectivity index (χ0v) is 17.5. The van der Waals surface area contributed by atoms with Crippen molar-refractivity contribution in [2.75, 3.05) is 5.32 Å². The molecular weight excluding hydrogens is 360 g/mol. The van der Waals surface area contributed by atoms with Gasteiger partial charge < -0.3 is 10.6 Å². The molecule has 3 unspecified atom stereocenters. The summed E-state index contributed by atoms with van der Waals surface area (Å²) in [5.74, 6) is 2.41. The molecule has 2 aliphatic carbocycles. The summed E-state index contributed by atoms with van der Waals surface area (Å²) in [6.07, 6.45) is 11.2. The number of nitrogens with one attached hydrogen (secondary N) is 3. The molecule has 2 aliphatic rings. The zero-order valence-electron chi connectivity index (χ0n) is 17.5. The fourth-order valence-electron chi connectivity index (χ4n) is 5.25. The number of carbonyl (C=O) groups excluding carboxylic acids is 1. The standard InChI is InChI=1S/C24H34N4O/c1-2-8-21(25-20-14-13-17-9-6-7-12-19(17)15-20)24(29)26-23-16-22(27-28-23)18-10-4-3-5-11-18/h3-5,10-11,16-17,19-21,25H,2,6-9,12-15H2,1H3,(H2,26,27,28,29)/t17?,19?,20?,21-/m0/s1. The summed E-state index contributed by atoms with van der Waals surface area (Å²) in [6, 6.07) is 12.3. The van der Waals surface area contributed by atoms with E-state index in [4.69, 9.17) is 0 Å². The Kier molecular flexibility index (Phi) is 6.65. The maximum absolute atomic E-state index is 13.0.